The smallest absolute Gasteiger partial charge is 0.306 e. The Morgan fingerprint density at radius 1 is 1.41 bits per heavy atom. The zero-order valence-electron chi connectivity index (χ0n) is 9.53. The Kier molecular flexibility index (Phi) is 3.61. The third kappa shape index (κ3) is 2.96. The number of hydrogen-bond acceptors (Lipinski definition) is 2. The van der Waals surface area contributed by atoms with E-state index in [0.29, 0.717) is 24.6 Å². The van der Waals surface area contributed by atoms with Crippen molar-refractivity contribution in [3.05, 3.63) is 30.1 Å². The van der Waals surface area contributed by atoms with Crippen LogP contribution >= 0.6 is 0 Å². The highest BCUT2D eigenvalue weighted by Crippen LogP contribution is 2.31. The number of carboxylic acids is 1. The Morgan fingerprint density at radius 2 is 2.18 bits per heavy atom. The van der Waals surface area contributed by atoms with Crippen LogP contribution < -0.4 is 5.32 Å². The topological polar surface area (TPSA) is 49.3 Å². The predicted octanol–water partition coefficient (Wildman–Crippen LogP) is 2.74. The molecular formula is C13H16FNO2. The van der Waals surface area contributed by atoms with Gasteiger partial charge < -0.3 is 10.4 Å². The van der Waals surface area contributed by atoms with Gasteiger partial charge >= 0.3 is 5.97 Å². The van der Waals surface area contributed by atoms with Crippen LogP contribution in [-0.4, -0.2) is 17.6 Å². The average molecular weight is 237 g/mol. The first-order chi connectivity index (χ1) is 8.16. The molecular weight excluding hydrogens is 221 g/mol. The van der Waals surface area contributed by atoms with Gasteiger partial charge in [0, 0.05) is 6.54 Å². The Balaban J connectivity index is 1.84. The van der Waals surface area contributed by atoms with E-state index >= 15 is 0 Å². The fourth-order valence-corrected chi connectivity index (χ4v) is 2.34. The van der Waals surface area contributed by atoms with Gasteiger partial charge in [0.25, 0.3) is 0 Å². The molecule has 0 spiro atoms. The summed E-state index contributed by atoms with van der Waals surface area (Å²) >= 11 is 0. The van der Waals surface area contributed by atoms with E-state index in [9.17, 15) is 9.18 Å². The quantitative estimate of drug-likeness (QED) is 0.846. The molecule has 0 amide bonds. The average Bonchev–Trinajstić information content (AvgIpc) is 2.77. The maximum Gasteiger partial charge on any atom is 0.306 e. The van der Waals surface area contributed by atoms with Crippen LogP contribution in [-0.2, 0) is 4.79 Å². The highest BCUT2D eigenvalue weighted by Gasteiger charge is 2.29. The molecule has 0 aromatic heterocycles. The van der Waals surface area contributed by atoms with Crippen LogP contribution in [0.4, 0.5) is 10.1 Å². The van der Waals surface area contributed by atoms with Gasteiger partial charge in [0.2, 0.25) is 0 Å². The summed E-state index contributed by atoms with van der Waals surface area (Å²) < 4.78 is 13.3. The van der Waals surface area contributed by atoms with Gasteiger partial charge in [0.1, 0.15) is 5.82 Å². The van der Waals surface area contributed by atoms with Crippen LogP contribution in [0.25, 0.3) is 0 Å². The Morgan fingerprint density at radius 3 is 2.82 bits per heavy atom. The molecule has 2 unspecified atom stereocenters. The number of rotatable bonds is 4. The number of hydrogen-bond donors (Lipinski definition) is 2. The van der Waals surface area contributed by atoms with E-state index in [4.69, 9.17) is 5.11 Å². The standard InChI is InChI=1S/C13H16FNO2/c14-11-3-1-2-4-12(11)15-8-9-5-6-10(7-9)13(16)17/h1-4,9-10,15H,5-8H2,(H,16,17). The Bertz CT molecular complexity index is 408. The molecule has 17 heavy (non-hydrogen) atoms. The normalized spacial score (nSPS) is 23.6. The molecule has 0 aliphatic heterocycles. The third-order valence-corrected chi connectivity index (χ3v) is 3.35. The lowest BCUT2D eigenvalue weighted by molar-refractivity contribution is -0.141. The molecule has 1 aromatic rings. The second-order valence-electron chi connectivity index (χ2n) is 4.57. The first-order valence-corrected chi connectivity index (χ1v) is 5.88. The minimum absolute atomic E-state index is 0.220. The van der Waals surface area contributed by atoms with Crippen molar-refractivity contribution in [1.82, 2.24) is 0 Å². The van der Waals surface area contributed by atoms with Crippen molar-refractivity contribution in [2.75, 3.05) is 11.9 Å². The molecule has 3 nitrogen and oxygen atoms in total. The number of carbonyl (C=O) groups is 1. The van der Waals surface area contributed by atoms with Gasteiger partial charge in [0.05, 0.1) is 11.6 Å². The van der Waals surface area contributed by atoms with E-state index in [1.165, 1.54) is 6.07 Å². The van der Waals surface area contributed by atoms with Crippen molar-refractivity contribution >= 4 is 11.7 Å². The number of para-hydroxylation sites is 1. The summed E-state index contributed by atoms with van der Waals surface area (Å²) in [5.41, 5.74) is 0.492. The van der Waals surface area contributed by atoms with Gasteiger partial charge in [-0.25, -0.2) is 4.39 Å². The van der Waals surface area contributed by atoms with E-state index in [1.807, 2.05) is 0 Å². The number of nitrogens with one attached hydrogen (secondary N) is 1. The second-order valence-corrected chi connectivity index (χ2v) is 4.57. The molecule has 4 heteroatoms. The lowest BCUT2D eigenvalue weighted by atomic mass is 10.1. The molecule has 0 bridgehead atoms. The van der Waals surface area contributed by atoms with Gasteiger partial charge in [-0.3, -0.25) is 4.79 Å². The number of halogens is 1. The van der Waals surface area contributed by atoms with Crippen molar-refractivity contribution in [3.63, 3.8) is 0 Å². The summed E-state index contributed by atoms with van der Waals surface area (Å²) in [5.74, 6) is -0.864. The highest BCUT2D eigenvalue weighted by atomic mass is 19.1. The van der Waals surface area contributed by atoms with E-state index in [0.717, 1.165) is 12.8 Å². The van der Waals surface area contributed by atoms with E-state index in [-0.39, 0.29) is 11.7 Å². The first-order valence-electron chi connectivity index (χ1n) is 5.88. The van der Waals surface area contributed by atoms with Crippen molar-refractivity contribution in [2.24, 2.45) is 11.8 Å². The van der Waals surface area contributed by atoms with Gasteiger partial charge in [-0.1, -0.05) is 12.1 Å². The van der Waals surface area contributed by atoms with Crippen molar-refractivity contribution in [1.29, 1.82) is 0 Å². The monoisotopic (exact) mass is 237 g/mol. The maximum absolute atomic E-state index is 13.3. The number of benzene rings is 1. The van der Waals surface area contributed by atoms with Crippen LogP contribution in [0.15, 0.2) is 24.3 Å². The Hall–Kier alpha value is -1.58. The summed E-state index contributed by atoms with van der Waals surface area (Å²) in [6.45, 7) is 0.644. The molecule has 0 heterocycles. The van der Waals surface area contributed by atoms with Gasteiger partial charge in [0.15, 0.2) is 0 Å². The second kappa shape index (κ2) is 5.17. The zero-order chi connectivity index (χ0) is 12.3. The lowest BCUT2D eigenvalue weighted by Gasteiger charge is -2.12. The maximum atomic E-state index is 13.3. The van der Waals surface area contributed by atoms with Gasteiger partial charge in [-0.05, 0) is 37.3 Å². The number of aliphatic carboxylic acids is 1. The minimum Gasteiger partial charge on any atom is -0.481 e. The van der Waals surface area contributed by atoms with E-state index in [2.05, 4.69) is 5.32 Å². The zero-order valence-corrected chi connectivity index (χ0v) is 9.53. The minimum atomic E-state index is -0.710. The largest absolute Gasteiger partial charge is 0.481 e. The van der Waals surface area contributed by atoms with Crippen LogP contribution in [0, 0.1) is 17.7 Å². The summed E-state index contributed by atoms with van der Waals surface area (Å²) in [6, 6.07) is 6.53. The fourth-order valence-electron chi connectivity index (χ4n) is 2.34. The molecule has 92 valence electrons. The van der Waals surface area contributed by atoms with Crippen LogP contribution in [0.1, 0.15) is 19.3 Å². The van der Waals surface area contributed by atoms with Crippen LogP contribution in [0.5, 0.6) is 0 Å². The third-order valence-electron chi connectivity index (χ3n) is 3.35. The summed E-state index contributed by atoms with van der Waals surface area (Å²) in [4.78, 5) is 10.8. The number of carboxylic acid groups (broad SMARTS) is 1. The van der Waals surface area contributed by atoms with Crippen LogP contribution in [0.2, 0.25) is 0 Å². The van der Waals surface area contributed by atoms with Gasteiger partial charge in [-0.15, -0.1) is 0 Å². The Labute approximate surface area is 99.7 Å². The molecule has 1 saturated carbocycles. The highest BCUT2D eigenvalue weighted by molar-refractivity contribution is 5.70. The SMILES string of the molecule is O=C(O)C1CCC(CNc2ccccc2F)C1. The molecule has 0 radical (unpaired) electrons. The molecule has 2 N–H and O–H groups in total. The fraction of sp³-hybridized carbons (Fsp3) is 0.462. The summed E-state index contributed by atoms with van der Waals surface area (Å²) in [7, 11) is 0. The number of anilines is 1. The summed E-state index contributed by atoms with van der Waals surface area (Å²) in [5, 5.41) is 11.9. The van der Waals surface area contributed by atoms with E-state index in [1.54, 1.807) is 18.2 Å². The van der Waals surface area contributed by atoms with Crippen molar-refractivity contribution in [3.8, 4) is 0 Å². The predicted molar refractivity (Wildman–Crippen MR) is 63.4 cm³/mol. The molecule has 2 rings (SSSR count). The van der Waals surface area contributed by atoms with Crippen molar-refractivity contribution < 1.29 is 14.3 Å². The van der Waals surface area contributed by atoms with Gasteiger partial charge in [-0.2, -0.15) is 0 Å². The molecule has 1 aliphatic carbocycles. The molecule has 1 aromatic carbocycles. The summed E-state index contributed by atoms with van der Waals surface area (Å²) in [6.07, 6.45) is 2.33. The molecule has 1 aliphatic rings. The van der Waals surface area contributed by atoms with Crippen LogP contribution in [0.3, 0.4) is 0 Å². The van der Waals surface area contributed by atoms with E-state index < -0.39 is 5.97 Å². The first kappa shape index (κ1) is 11.9. The van der Waals surface area contributed by atoms with Crippen molar-refractivity contribution in [2.45, 2.75) is 19.3 Å². The molecule has 0 saturated heterocycles. The molecule has 1 fully saturated rings. The molecule has 2 atom stereocenters. The lowest BCUT2D eigenvalue weighted by Crippen LogP contribution is -2.14.